The van der Waals surface area contributed by atoms with Crippen molar-refractivity contribution in [3.8, 4) is 0 Å². The lowest BCUT2D eigenvalue weighted by atomic mass is 9.75. The van der Waals surface area contributed by atoms with Crippen LogP contribution in [0.1, 0.15) is 27.2 Å². The average Bonchev–Trinajstić information content (AvgIpc) is 2.29. The van der Waals surface area contributed by atoms with Gasteiger partial charge in [0, 0.05) is 5.41 Å². The van der Waals surface area contributed by atoms with Gasteiger partial charge in [0.25, 0.3) is 0 Å². The number of hydrogen-bond donors (Lipinski definition) is 0. The van der Waals surface area contributed by atoms with Crippen LogP contribution in [-0.4, -0.2) is 32.4 Å². The summed E-state index contributed by atoms with van der Waals surface area (Å²) in [6.45, 7) is 5.08. The first-order chi connectivity index (χ1) is 7.04. The lowest BCUT2D eigenvalue weighted by molar-refractivity contribution is -0.319. The molecule has 0 bridgehead atoms. The van der Waals surface area contributed by atoms with Crippen LogP contribution in [0.3, 0.4) is 0 Å². The van der Waals surface area contributed by atoms with E-state index in [2.05, 4.69) is 13.8 Å². The molecule has 1 saturated heterocycles. The summed E-state index contributed by atoms with van der Waals surface area (Å²) < 4.78 is 35.7. The van der Waals surface area contributed by atoms with Gasteiger partial charge in [0.05, 0.1) is 13.2 Å². The second-order valence-corrected chi connectivity index (χ2v) is 4.63. The monoisotopic (exact) mass is 222 g/mol. The minimum atomic E-state index is -1.63. The number of hydrogen-bond acceptors (Lipinski definition) is 2. The molecule has 2 nitrogen and oxygen atoms in total. The summed E-state index contributed by atoms with van der Waals surface area (Å²) in [4.78, 5) is 0. The van der Waals surface area contributed by atoms with Gasteiger partial charge in [-0.2, -0.15) is 0 Å². The molecule has 1 heterocycles. The third-order valence-electron chi connectivity index (χ3n) is 3.58. The molecule has 0 saturated carbocycles. The normalized spacial score (nSPS) is 24.4. The van der Waals surface area contributed by atoms with Gasteiger partial charge in [-0.25, -0.2) is 8.78 Å². The SMILES string of the molecule is CCC1(C(C)C)COC(CF)(CF)OC1. The van der Waals surface area contributed by atoms with E-state index in [0.717, 1.165) is 6.42 Å². The van der Waals surface area contributed by atoms with E-state index in [-0.39, 0.29) is 5.41 Å². The molecule has 0 unspecified atom stereocenters. The van der Waals surface area contributed by atoms with Crippen LogP contribution in [0.5, 0.6) is 0 Å². The maximum atomic E-state index is 12.6. The molecule has 0 aromatic carbocycles. The molecular weight excluding hydrogens is 202 g/mol. The number of alkyl halides is 2. The van der Waals surface area contributed by atoms with Gasteiger partial charge in [-0.15, -0.1) is 0 Å². The van der Waals surface area contributed by atoms with Crippen LogP contribution in [0.25, 0.3) is 0 Å². The van der Waals surface area contributed by atoms with Crippen molar-refractivity contribution in [2.45, 2.75) is 33.0 Å². The molecule has 90 valence electrons. The second-order valence-electron chi connectivity index (χ2n) is 4.63. The highest BCUT2D eigenvalue weighted by Crippen LogP contribution is 2.39. The quantitative estimate of drug-likeness (QED) is 0.728. The Morgan fingerprint density at radius 2 is 1.60 bits per heavy atom. The minimum absolute atomic E-state index is 0.103. The van der Waals surface area contributed by atoms with Gasteiger partial charge in [0.15, 0.2) is 0 Å². The van der Waals surface area contributed by atoms with E-state index >= 15 is 0 Å². The van der Waals surface area contributed by atoms with E-state index in [1.165, 1.54) is 0 Å². The highest BCUT2D eigenvalue weighted by molar-refractivity contribution is 4.87. The van der Waals surface area contributed by atoms with Crippen molar-refractivity contribution in [1.82, 2.24) is 0 Å². The molecule has 0 atom stereocenters. The molecule has 0 aromatic rings. The fourth-order valence-corrected chi connectivity index (χ4v) is 1.77. The Balaban J connectivity index is 2.67. The van der Waals surface area contributed by atoms with Gasteiger partial charge < -0.3 is 9.47 Å². The first-order valence-corrected chi connectivity index (χ1v) is 5.44. The first-order valence-electron chi connectivity index (χ1n) is 5.44. The lowest BCUT2D eigenvalue weighted by Crippen LogP contribution is -2.54. The zero-order valence-corrected chi connectivity index (χ0v) is 9.69. The molecule has 1 aliphatic heterocycles. The molecule has 0 aromatic heterocycles. The minimum Gasteiger partial charge on any atom is -0.345 e. The van der Waals surface area contributed by atoms with E-state index in [1.807, 2.05) is 6.92 Å². The van der Waals surface area contributed by atoms with Crippen LogP contribution in [-0.2, 0) is 9.47 Å². The third kappa shape index (κ3) is 2.31. The molecule has 1 fully saturated rings. The predicted molar refractivity (Wildman–Crippen MR) is 54.1 cm³/mol. The number of ether oxygens (including phenoxy) is 2. The molecule has 4 heteroatoms. The largest absolute Gasteiger partial charge is 0.345 e. The fraction of sp³-hybridized carbons (Fsp3) is 1.00. The van der Waals surface area contributed by atoms with Gasteiger partial charge >= 0.3 is 0 Å². The Morgan fingerprint density at radius 3 is 1.87 bits per heavy atom. The topological polar surface area (TPSA) is 18.5 Å². The van der Waals surface area contributed by atoms with Crippen LogP contribution in [0.15, 0.2) is 0 Å². The highest BCUT2D eigenvalue weighted by Gasteiger charge is 2.45. The molecule has 0 amide bonds. The Hall–Kier alpha value is -0.220. The Morgan fingerprint density at radius 1 is 1.13 bits per heavy atom. The maximum absolute atomic E-state index is 12.6. The van der Waals surface area contributed by atoms with Crippen molar-refractivity contribution in [2.24, 2.45) is 11.3 Å². The van der Waals surface area contributed by atoms with E-state index in [9.17, 15) is 8.78 Å². The Labute approximate surface area is 89.9 Å². The summed E-state index contributed by atoms with van der Waals surface area (Å²) >= 11 is 0. The van der Waals surface area contributed by atoms with Crippen LogP contribution in [0.2, 0.25) is 0 Å². The van der Waals surface area contributed by atoms with Crippen LogP contribution < -0.4 is 0 Å². The maximum Gasteiger partial charge on any atom is 0.226 e. The smallest absolute Gasteiger partial charge is 0.226 e. The van der Waals surface area contributed by atoms with Crippen LogP contribution in [0.4, 0.5) is 8.78 Å². The van der Waals surface area contributed by atoms with Gasteiger partial charge in [-0.3, -0.25) is 0 Å². The van der Waals surface area contributed by atoms with Crippen LogP contribution >= 0.6 is 0 Å². The zero-order valence-electron chi connectivity index (χ0n) is 9.69. The summed E-state index contributed by atoms with van der Waals surface area (Å²) in [5.74, 6) is -1.26. The molecule has 1 aliphatic rings. The number of halogens is 2. The summed E-state index contributed by atoms with van der Waals surface area (Å²) in [6, 6.07) is 0. The molecule has 0 radical (unpaired) electrons. The van der Waals surface area contributed by atoms with Crippen molar-refractivity contribution >= 4 is 0 Å². The van der Waals surface area contributed by atoms with Gasteiger partial charge in [-0.1, -0.05) is 20.8 Å². The van der Waals surface area contributed by atoms with Crippen molar-refractivity contribution in [1.29, 1.82) is 0 Å². The van der Waals surface area contributed by atoms with E-state index < -0.39 is 19.1 Å². The van der Waals surface area contributed by atoms with Crippen molar-refractivity contribution in [3.05, 3.63) is 0 Å². The fourth-order valence-electron chi connectivity index (χ4n) is 1.77. The van der Waals surface area contributed by atoms with Crippen molar-refractivity contribution in [3.63, 3.8) is 0 Å². The molecule has 0 aliphatic carbocycles. The molecule has 0 spiro atoms. The Bertz CT molecular complexity index is 193. The molecule has 0 N–H and O–H groups in total. The van der Waals surface area contributed by atoms with Crippen LogP contribution in [0, 0.1) is 11.3 Å². The summed E-state index contributed by atoms with van der Waals surface area (Å²) in [7, 11) is 0. The molecule has 15 heavy (non-hydrogen) atoms. The first kappa shape index (κ1) is 12.8. The standard InChI is InChI=1S/C11H20F2O2/c1-4-10(9(2)3)7-14-11(5-12,6-13)15-8-10/h9H,4-8H2,1-3H3. The second kappa shape index (κ2) is 4.74. The summed E-state index contributed by atoms with van der Waals surface area (Å²) in [5, 5.41) is 0. The highest BCUT2D eigenvalue weighted by atomic mass is 19.1. The van der Waals surface area contributed by atoms with E-state index in [0.29, 0.717) is 19.1 Å². The third-order valence-corrected chi connectivity index (χ3v) is 3.58. The average molecular weight is 222 g/mol. The predicted octanol–water partition coefficient (Wildman–Crippen LogP) is 2.72. The van der Waals surface area contributed by atoms with Gasteiger partial charge in [0.1, 0.15) is 13.3 Å². The van der Waals surface area contributed by atoms with Crippen molar-refractivity contribution in [2.75, 3.05) is 26.6 Å². The van der Waals surface area contributed by atoms with Gasteiger partial charge in [0.2, 0.25) is 5.79 Å². The van der Waals surface area contributed by atoms with Gasteiger partial charge in [-0.05, 0) is 12.3 Å². The zero-order chi connectivity index (χ0) is 11.5. The van der Waals surface area contributed by atoms with E-state index in [1.54, 1.807) is 0 Å². The molecular formula is C11H20F2O2. The lowest BCUT2D eigenvalue weighted by Gasteiger charge is -2.46. The summed E-state index contributed by atoms with van der Waals surface area (Å²) in [6.07, 6.45) is 0.888. The summed E-state index contributed by atoms with van der Waals surface area (Å²) in [5.41, 5.74) is -0.103. The Kier molecular flexibility index (Phi) is 4.06. The number of rotatable bonds is 4. The molecule has 1 rings (SSSR count). The van der Waals surface area contributed by atoms with Crippen molar-refractivity contribution < 1.29 is 18.3 Å². The van der Waals surface area contributed by atoms with E-state index in [4.69, 9.17) is 9.47 Å².